The number of nitrogens with one attached hydrogen (secondary N) is 1. The number of amides is 2. The number of alkyl halides is 3. The number of carbonyl (C=O) groups excluding carboxylic acids is 2. The first-order valence-corrected chi connectivity index (χ1v) is 11.3. The molecule has 2 aliphatic rings. The number of anilines is 1. The summed E-state index contributed by atoms with van der Waals surface area (Å²) in [5, 5.41) is 2.81. The number of fused-ring (bicyclic) bond motifs is 1. The molecule has 9 heteroatoms. The van der Waals surface area contributed by atoms with Crippen molar-refractivity contribution in [3.8, 4) is 22.6 Å². The Morgan fingerprint density at radius 3 is 2.28 bits per heavy atom. The van der Waals surface area contributed by atoms with Crippen LogP contribution in [0.25, 0.3) is 11.1 Å². The zero-order valence-electron chi connectivity index (χ0n) is 19.6. The maximum absolute atomic E-state index is 13.8. The van der Waals surface area contributed by atoms with Gasteiger partial charge in [0.1, 0.15) is 0 Å². The van der Waals surface area contributed by atoms with E-state index in [-0.39, 0.29) is 36.8 Å². The molecule has 1 fully saturated rings. The highest BCUT2D eigenvalue weighted by atomic mass is 19.4. The third kappa shape index (κ3) is 4.25. The molecule has 5 rings (SSSR count). The zero-order chi connectivity index (χ0) is 25.7. The van der Waals surface area contributed by atoms with Gasteiger partial charge in [0.15, 0.2) is 11.5 Å². The van der Waals surface area contributed by atoms with Crippen molar-refractivity contribution in [1.82, 2.24) is 4.90 Å². The second-order valence-electron chi connectivity index (χ2n) is 9.14. The van der Waals surface area contributed by atoms with Gasteiger partial charge in [-0.1, -0.05) is 18.2 Å². The van der Waals surface area contributed by atoms with E-state index >= 15 is 0 Å². The van der Waals surface area contributed by atoms with Crippen molar-refractivity contribution < 1.29 is 33.7 Å². The predicted octanol–water partition coefficient (Wildman–Crippen LogP) is 5.72. The number of nitrogens with zero attached hydrogens (tertiary/aromatic N) is 1. The Hall–Kier alpha value is -4.01. The van der Waals surface area contributed by atoms with Gasteiger partial charge in [0.05, 0.1) is 11.0 Å². The molecule has 3 aromatic rings. The van der Waals surface area contributed by atoms with Gasteiger partial charge in [-0.25, -0.2) is 0 Å². The van der Waals surface area contributed by atoms with Crippen LogP contribution in [0, 0.1) is 0 Å². The molecule has 36 heavy (non-hydrogen) atoms. The zero-order valence-corrected chi connectivity index (χ0v) is 19.6. The number of hydrogen-bond donors (Lipinski definition) is 1. The Labute approximate surface area is 207 Å². The van der Waals surface area contributed by atoms with Gasteiger partial charge in [-0.05, 0) is 72.0 Å². The Bertz CT molecular complexity index is 1350. The highest BCUT2D eigenvalue weighted by Crippen LogP contribution is 2.51. The van der Waals surface area contributed by atoms with Crippen molar-refractivity contribution in [2.45, 2.75) is 24.4 Å². The third-order valence-electron chi connectivity index (χ3n) is 6.54. The number of carbonyl (C=O) groups is 2. The van der Waals surface area contributed by atoms with Gasteiger partial charge in [0, 0.05) is 26.8 Å². The van der Waals surface area contributed by atoms with Crippen LogP contribution >= 0.6 is 0 Å². The van der Waals surface area contributed by atoms with E-state index in [9.17, 15) is 22.8 Å². The minimum Gasteiger partial charge on any atom is -0.454 e. The first-order chi connectivity index (χ1) is 17.1. The maximum Gasteiger partial charge on any atom is 0.417 e. The van der Waals surface area contributed by atoms with E-state index in [1.807, 2.05) is 6.07 Å². The predicted molar refractivity (Wildman–Crippen MR) is 129 cm³/mol. The quantitative estimate of drug-likeness (QED) is 0.489. The normalized spacial score (nSPS) is 15.4. The van der Waals surface area contributed by atoms with Crippen molar-refractivity contribution in [1.29, 1.82) is 0 Å². The fourth-order valence-electron chi connectivity index (χ4n) is 4.38. The van der Waals surface area contributed by atoms with Crippen LogP contribution in [0.3, 0.4) is 0 Å². The summed E-state index contributed by atoms with van der Waals surface area (Å²) in [6, 6.07) is 14.8. The van der Waals surface area contributed by atoms with E-state index in [1.54, 1.807) is 26.2 Å². The molecule has 0 saturated heterocycles. The molecule has 0 bridgehead atoms. The monoisotopic (exact) mass is 498 g/mol. The lowest BCUT2D eigenvalue weighted by atomic mass is 9.94. The van der Waals surface area contributed by atoms with Gasteiger partial charge in [0.2, 0.25) is 12.7 Å². The second kappa shape index (κ2) is 8.58. The maximum atomic E-state index is 13.8. The molecule has 1 aliphatic carbocycles. The van der Waals surface area contributed by atoms with Gasteiger partial charge >= 0.3 is 6.18 Å². The highest BCUT2D eigenvalue weighted by Gasteiger charge is 2.51. The van der Waals surface area contributed by atoms with Crippen molar-refractivity contribution in [2.24, 2.45) is 0 Å². The Morgan fingerprint density at radius 2 is 1.64 bits per heavy atom. The van der Waals surface area contributed by atoms with E-state index in [0.29, 0.717) is 29.9 Å². The fraction of sp³-hybridized carbons (Fsp3) is 0.259. The number of halogens is 3. The second-order valence-corrected chi connectivity index (χ2v) is 9.14. The molecular weight excluding hydrogens is 473 g/mol. The Kier molecular flexibility index (Phi) is 5.65. The van der Waals surface area contributed by atoms with Crippen molar-refractivity contribution in [2.75, 3.05) is 26.2 Å². The van der Waals surface area contributed by atoms with Crippen LogP contribution in [0.15, 0.2) is 60.7 Å². The largest absolute Gasteiger partial charge is 0.454 e. The molecule has 1 saturated carbocycles. The smallest absolute Gasteiger partial charge is 0.417 e. The number of rotatable bonds is 5. The van der Waals surface area contributed by atoms with Gasteiger partial charge < -0.3 is 19.7 Å². The van der Waals surface area contributed by atoms with Gasteiger partial charge in [-0.2, -0.15) is 13.2 Å². The average Bonchev–Trinajstić information content (AvgIpc) is 3.53. The summed E-state index contributed by atoms with van der Waals surface area (Å²) < 4.78 is 52.2. The van der Waals surface area contributed by atoms with Crippen LogP contribution in [0.5, 0.6) is 11.5 Å². The lowest BCUT2D eigenvalue weighted by Crippen LogP contribution is -2.27. The summed E-state index contributed by atoms with van der Waals surface area (Å²) in [5.41, 5.74) is -0.00754. The summed E-state index contributed by atoms with van der Waals surface area (Å²) in [6.45, 7) is 0.122. The van der Waals surface area contributed by atoms with Crippen molar-refractivity contribution >= 4 is 17.5 Å². The molecule has 0 aromatic heterocycles. The minimum absolute atomic E-state index is 0. The highest BCUT2D eigenvalue weighted by molar-refractivity contribution is 6.02. The van der Waals surface area contributed by atoms with Gasteiger partial charge in [-0.15, -0.1) is 0 Å². The number of benzene rings is 3. The van der Waals surface area contributed by atoms with E-state index in [4.69, 9.17) is 9.47 Å². The van der Waals surface area contributed by atoms with Gasteiger partial charge in [-0.3, -0.25) is 9.59 Å². The van der Waals surface area contributed by atoms with E-state index < -0.39 is 17.2 Å². The molecule has 0 radical (unpaired) electrons. The molecule has 0 atom stereocenters. The first kappa shape index (κ1) is 23.7. The molecule has 0 spiro atoms. The third-order valence-corrected chi connectivity index (χ3v) is 6.54. The molecule has 1 N–H and O–H groups in total. The Morgan fingerprint density at radius 1 is 0.944 bits per heavy atom. The minimum atomic E-state index is -4.60. The molecule has 188 valence electrons. The molecule has 1 aliphatic heterocycles. The fourth-order valence-corrected chi connectivity index (χ4v) is 4.38. The summed E-state index contributed by atoms with van der Waals surface area (Å²) >= 11 is 0. The van der Waals surface area contributed by atoms with E-state index in [0.717, 1.165) is 11.6 Å². The Balaban J connectivity index is 0.00000320. The SMILES string of the molecule is CN(C)C(=O)c1ccc(-c2cc(NC(=O)C3(c4ccc5c(c4)OCO5)CC3)ccc2C(F)(F)F)cc1.[HH]. The van der Waals surface area contributed by atoms with E-state index in [1.165, 1.54) is 41.3 Å². The van der Waals surface area contributed by atoms with Crippen LogP contribution in [-0.4, -0.2) is 37.6 Å². The summed E-state index contributed by atoms with van der Waals surface area (Å²) in [6.07, 6.45) is -3.36. The van der Waals surface area contributed by atoms with Crippen LogP contribution in [0.1, 0.15) is 35.8 Å². The standard InChI is InChI=1S/C27H23F3N2O4.H2/c1-32(2)24(33)17-5-3-16(4-6-17)20-14-19(8-9-21(20)27(28,29)30)31-25(34)26(11-12-26)18-7-10-22-23(13-18)36-15-35-22;/h3-10,13-14H,11-12,15H2,1-2H3,(H,31,34);1H. The lowest BCUT2D eigenvalue weighted by molar-refractivity contribution is -0.137. The number of ether oxygens (including phenoxy) is 2. The summed E-state index contributed by atoms with van der Waals surface area (Å²) in [5.74, 6) is 0.635. The van der Waals surface area contributed by atoms with Crippen LogP contribution in [0.4, 0.5) is 18.9 Å². The topological polar surface area (TPSA) is 67.9 Å². The lowest BCUT2D eigenvalue weighted by Gasteiger charge is -2.19. The summed E-state index contributed by atoms with van der Waals surface area (Å²) in [4.78, 5) is 26.8. The van der Waals surface area contributed by atoms with Crippen molar-refractivity contribution in [3.63, 3.8) is 0 Å². The van der Waals surface area contributed by atoms with Crippen molar-refractivity contribution in [3.05, 3.63) is 77.4 Å². The first-order valence-electron chi connectivity index (χ1n) is 11.3. The molecule has 3 aromatic carbocycles. The van der Waals surface area contributed by atoms with Crippen LogP contribution in [-0.2, 0) is 16.4 Å². The molecule has 1 heterocycles. The van der Waals surface area contributed by atoms with Gasteiger partial charge in [0.25, 0.3) is 5.91 Å². The average molecular weight is 499 g/mol. The molecule has 0 unspecified atom stereocenters. The number of hydrogen-bond acceptors (Lipinski definition) is 4. The van der Waals surface area contributed by atoms with Crippen LogP contribution < -0.4 is 14.8 Å². The summed E-state index contributed by atoms with van der Waals surface area (Å²) in [7, 11) is 3.20. The van der Waals surface area contributed by atoms with Crippen LogP contribution in [0.2, 0.25) is 0 Å². The molecular formula is C27H25F3N2O4. The molecule has 2 amide bonds. The molecule has 6 nitrogen and oxygen atoms in total. The van der Waals surface area contributed by atoms with E-state index in [2.05, 4.69) is 5.32 Å².